The Kier molecular flexibility index (Phi) is 3.22. The lowest BCUT2D eigenvalue weighted by Crippen LogP contribution is -2.31. The van der Waals surface area contributed by atoms with E-state index in [-0.39, 0.29) is 5.91 Å². The van der Waals surface area contributed by atoms with Gasteiger partial charge < -0.3 is 4.90 Å². The summed E-state index contributed by atoms with van der Waals surface area (Å²) < 4.78 is 0. The van der Waals surface area contributed by atoms with Crippen molar-refractivity contribution in [2.45, 2.75) is 19.8 Å². The zero-order chi connectivity index (χ0) is 8.97. The first-order valence-electron chi connectivity index (χ1n) is 4.19. The van der Waals surface area contributed by atoms with Crippen molar-refractivity contribution < 1.29 is 4.79 Å². The second-order valence-electron chi connectivity index (χ2n) is 3.15. The average Bonchev–Trinajstić information content (AvgIpc) is 2.03. The highest BCUT2D eigenvalue weighted by Crippen LogP contribution is 2.03. The number of hydrogen-bond donors (Lipinski definition) is 1. The molecule has 0 atom stereocenters. The van der Waals surface area contributed by atoms with Crippen LogP contribution in [0.5, 0.6) is 0 Å². The van der Waals surface area contributed by atoms with Crippen LogP contribution in [0.2, 0.25) is 0 Å². The van der Waals surface area contributed by atoms with Gasteiger partial charge in [-0.15, -0.1) is 0 Å². The van der Waals surface area contributed by atoms with Gasteiger partial charge in [-0.3, -0.25) is 4.79 Å². The number of carbonyl (C=O) groups excluding carboxylic acids is 1. The molecule has 1 aliphatic rings. The predicted molar refractivity (Wildman–Crippen MR) is 48.0 cm³/mol. The fourth-order valence-corrected chi connectivity index (χ4v) is 1.15. The summed E-state index contributed by atoms with van der Waals surface area (Å²) in [5.74, 6) is -0.0959. The third kappa shape index (κ3) is 3.00. The summed E-state index contributed by atoms with van der Waals surface area (Å²) >= 11 is 0. The molecule has 0 radical (unpaired) electrons. The monoisotopic (exact) mass is 169 g/mol. The second kappa shape index (κ2) is 4.21. The van der Waals surface area contributed by atoms with Gasteiger partial charge in [-0.1, -0.05) is 0 Å². The zero-order valence-corrected chi connectivity index (χ0v) is 7.63. The summed E-state index contributed by atoms with van der Waals surface area (Å²) in [7, 11) is 2.09. The van der Waals surface area contributed by atoms with Crippen molar-refractivity contribution in [3.63, 3.8) is 0 Å². The fourth-order valence-electron chi connectivity index (χ4n) is 1.15. The summed E-state index contributed by atoms with van der Waals surface area (Å²) in [4.78, 5) is 12.8. The average molecular weight is 169 g/mol. The van der Waals surface area contributed by atoms with E-state index in [1.165, 1.54) is 6.92 Å². The van der Waals surface area contributed by atoms with Gasteiger partial charge in [0.1, 0.15) is 0 Å². The molecule has 0 saturated carbocycles. The van der Waals surface area contributed by atoms with Crippen LogP contribution < -0.4 is 5.43 Å². The molecule has 1 N–H and O–H groups in total. The zero-order valence-electron chi connectivity index (χ0n) is 7.63. The van der Waals surface area contributed by atoms with Crippen LogP contribution in [0.15, 0.2) is 5.10 Å². The number of amides is 1. The molecular weight excluding hydrogens is 154 g/mol. The standard InChI is InChI=1S/C8H15N3O/c1-7(12)9-10-8-3-5-11(2)6-4-8/h3-6H2,1-2H3,(H,9,12). The van der Waals surface area contributed by atoms with Gasteiger partial charge in [-0.25, -0.2) is 5.43 Å². The van der Waals surface area contributed by atoms with E-state index in [2.05, 4.69) is 22.5 Å². The minimum atomic E-state index is -0.0959. The molecule has 12 heavy (non-hydrogen) atoms. The molecule has 0 spiro atoms. The SMILES string of the molecule is CC(=O)NN=C1CCN(C)CC1. The van der Waals surface area contributed by atoms with Crippen LogP contribution in [-0.2, 0) is 4.79 Å². The van der Waals surface area contributed by atoms with E-state index in [1.807, 2.05) is 0 Å². The molecule has 1 aliphatic heterocycles. The lowest BCUT2D eigenvalue weighted by atomic mass is 10.1. The maximum Gasteiger partial charge on any atom is 0.236 e. The first kappa shape index (κ1) is 9.19. The summed E-state index contributed by atoms with van der Waals surface area (Å²) in [6.45, 7) is 3.55. The number of nitrogens with zero attached hydrogens (tertiary/aromatic N) is 2. The number of hydrogen-bond acceptors (Lipinski definition) is 3. The van der Waals surface area contributed by atoms with Crippen molar-refractivity contribution in [1.29, 1.82) is 0 Å². The number of nitrogens with one attached hydrogen (secondary N) is 1. The van der Waals surface area contributed by atoms with Gasteiger partial charge in [-0.2, -0.15) is 5.10 Å². The highest BCUT2D eigenvalue weighted by atomic mass is 16.2. The van der Waals surface area contributed by atoms with Gasteiger partial charge in [0.25, 0.3) is 0 Å². The van der Waals surface area contributed by atoms with Crippen molar-refractivity contribution in [3.05, 3.63) is 0 Å². The molecule has 0 aromatic carbocycles. The molecule has 1 fully saturated rings. The Morgan fingerprint density at radius 3 is 2.58 bits per heavy atom. The second-order valence-corrected chi connectivity index (χ2v) is 3.15. The van der Waals surface area contributed by atoms with Crippen LogP contribution in [0.1, 0.15) is 19.8 Å². The number of hydrazone groups is 1. The smallest absolute Gasteiger partial charge is 0.236 e. The van der Waals surface area contributed by atoms with Crippen LogP contribution in [-0.4, -0.2) is 36.7 Å². The van der Waals surface area contributed by atoms with Crippen LogP contribution in [0.25, 0.3) is 0 Å². The van der Waals surface area contributed by atoms with E-state index in [9.17, 15) is 4.79 Å². The van der Waals surface area contributed by atoms with Crippen LogP contribution in [0.4, 0.5) is 0 Å². The van der Waals surface area contributed by atoms with Crippen LogP contribution in [0, 0.1) is 0 Å². The molecule has 4 heteroatoms. The minimum absolute atomic E-state index is 0.0959. The third-order valence-corrected chi connectivity index (χ3v) is 1.94. The molecule has 1 heterocycles. The quantitative estimate of drug-likeness (QED) is 0.570. The number of rotatable bonds is 1. The molecular formula is C8H15N3O. The molecule has 0 unspecified atom stereocenters. The first-order valence-corrected chi connectivity index (χ1v) is 4.19. The largest absolute Gasteiger partial charge is 0.306 e. The van der Waals surface area contributed by atoms with Gasteiger partial charge in [0, 0.05) is 38.6 Å². The van der Waals surface area contributed by atoms with Crippen molar-refractivity contribution >= 4 is 11.6 Å². The highest BCUT2D eigenvalue weighted by molar-refractivity contribution is 5.86. The Morgan fingerprint density at radius 2 is 2.08 bits per heavy atom. The molecule has 68 valence electrons. The van der Waals surface area contributed by atoms with Gasteiger partial charge in [0.05, 0.1) is 0 Å². The first-order chi connectivity index (χ1) is 5.68. The van der Waals surface area contributed by atoms with E-state index >= 15 is 0 Å². The third-order valence-electron chi connectivity index (χ3n) is 1.94. The minimum Gasteiger partial charge on any atom is -0.306 e. The molecule has 0 aromatic heterocycles. The molecule has 1 rings (SSSR count). The topological polar surface area (TPSA) is 44.7 Å². The highest BCUT2D eigenvalue weighted by Gasteiger charge is 2.10. The lowest BCUT2D eigenvalue weighted by Gasteiger charge is -2.22. The predicted octanol–water partition coefficient (Wildman–Crippen LogP) is 0.204. The Labute approximate surface area is 72.6 Å². The molecule has 0 aromatic rings. The maximum absolute atomic E-state index is 10.5. The van der Waals surface area contributed by atoms with E-state index < -0.39 is 0 Å². The maximum atomic E-state index is 10.5. The Bertz CT molecular complexity index is 190. The van der Waals surface area contributed by atoms with E-state index in [0.717, 1.165) is 31.6 Å². The van der Waals surface area contributed by atoms with Crippen LogP contribution >= 0.6 is 0 Å². The number of carbonyl (C=O) groups is 1. The van der Waals surface area contributed by atoms with Crippen molar-refractivity contribution in [2.24, 2.45) is 5.10 Å². The molecule has 0 aliphatic carbocycles. The van der Waals surface area contributed by atoms with Gasteiger partial charge in [0.2, 0.25) is 5.91 Å². The van der Waals surface area contributed by atoms with Gasteiger partial charge in [-0.05, 0) is 7.05 Å². The van der Waals surface area contributed by atoms with E-state index in [1.54, 1.807) is 0 Å². The Hall–Kier alpha value is -0.900. The Balaban J connectivity index is 2.33. The van der Waals surface area contributed by atoms with Gasteiger partial charge >= 0.3 is 0 Å². The van der Waals surface area contributed by atoms with Crippen molar-refractivity contribution in [3.8, 4) is 0 Å². The van der Waals surface area contributed by atoms with Gasteiger partial charge in [0.15, 0.2) is 0 Å². The summed E-state index contributed by atoms with van der Waals surface area (Å²) in [6.07, 6.45) is 1.94. The summed E-state index contributed by atoms with van der Waals surface area (Å²) in [6, 6.07) is 0. The van der Waals surface area contributed by atoms with E-state index in [0.29, 0.717) is 0 Å². The lowest BCUT2D eigenvalue weighted by molar-refractivity contribution is -0.118. The van der Waals surface area contributed by atoms with Crippen LogP contribution in [0.3, 0.4) is 0 Å². The van der Waals surface area contributed by atoms with Crippen molar-refractivity contribution in [2.75, 3.05) is 20.1 Å². The summed E-state index contributed by atoms with van der Waals surface area (Å²) in [5, 5.41) is 4.01. The number of piperidine rings is 1. The molecule has 1 amide bonds. The Morgan fingerprint density at radius 1 is 1.50 bits per heavy atom. The summed E-state index contributed by atoms with van der Waals surface area (Å²) in [5.41, 5.74) is 3.56. The fraction of sp³-hybridized carbons (Fsp3) is 0.750. The molecule has 1 saturated heterocycles. The normalized spacial score (nSPS) is 19.0. The molecule has 4 nitrogen and oxygen atoms in total. The molecule has 0 bridgehead atoms. The van der Waals surface area contributed by atoms with E-state index in [4.69, 9.17) is 0 Å². The number of likely N-dealkylation sites (tertiary alicyclic amines) is 1. The van der Waals surface area contributed by atoms with Crippen molar-refractivity contribution in [1.82, 2.24) is 10.3 Å².